The number of aromatic nitrogens is 2. The molecule has 0 saturated carbocycles. The number of carboxylic acids is 1. The number of nitrogens with zero attached hydrogens (tertiary/aromatic N) is 1. The highest BCUT2D eigenvalue weighted by molar-refractivity contribution is 7.99. The van der Waals surface area contributed by atoms with Gasteiger partial charge in [0.1, 0.15) is 35.9 Å². The number of amides is 5. The van der Waals surface area contributed by atoms with E-state index in [1.165, 1.54) is 25.2 Å². The third-order valence-electron chi connectivity index (χ3n) is 8.22. The van der Waals surface area contributed by atoms with E-state index in [0.717, 1.165) is 22.2 Å². The molecule has 1 aromatic carbocycles. The minimum absolute atomic E-state index is 0.0614. The predicted molar refractivity (Wildman–Crippen MR) is 192 cm³/mol. The topological polar surface area (TPSA) is 232 Å². The molecule has 3 aromatic rings. The van der Waals surface area contributed by atoms with E-state index >= 15 is 0 Å². The molecule has 0 unspecified atom stereocenters. The van der Waals surface area contributed by atoms with Crippen LogP contribution in [-0.4, -0.2) is 97.8 Å². The van der Waals surface area contributed by atoms with E-state index in [1.807, 2.05) is 39.8 Å². The molecule has 17 heteroatoms. The number of benzene rings is 1. The maximum Gasteiger partial charge on any atom is 0.327 e. The molecule has 0 fully saturated rings. The number of thiazole rings is 1. The molecule has 1 aliphatic heterocycles. The van der Waals surface area contributed by atoms with Gasteiger partial charge in [-0.2, -0.15) is 0 Å². The molecule has 1 aliphatic rings. The molecule has 15 nitrogen and oxygen atoms in total. The number of aromatic amines is 1. The number of H-pyrrole nitrogens is 1. The second kappa shape index (κ2) is 17.2. The van der Waals surface area contributed by atoms with Crippen molar-refractivity contribution in [3.05, 3.63) is 45.9 Å². The van der Waals surface area contributed by atoms with Crippen LogP contribution in [-0.2, 0) is 30.4 Å². The number of aliphatic carboxylic acids is 1. The predicted octanol–water partition coefficient (Wildman–Crippen LogP) is 1.67. The van der Waals surface area contributed by atoms with E-state index in [4.69, 9.17) is 0 Å². The first-order chi connectivity index (χ1) is 24.0. The highest BCUT2D eigenvalue weighted by Crippen LogP contribution is 2.32. The first kappa shape index (κ1) is 39.3. The molecule has 5 amide bonds. The number of carboxylic acid groups (broad SMARTS) is 1. The molecule has 276 valence electrons. The second-order valence-corrected chi connectivity index (χ2v) is 15.2. The van der Waals surface area contributed by atoms with Crippen LogP contribution < -0.4 is 26.6 Å². The second-order valence-electron chi connectivity index (χ2n) is 13.3. The van der Waals surface area contributed by atoms with Crippen LogP contribution >= 0.6 is 23.1 Å². The van der Waals surface area contributed by atoms with Gasteiger partial charge < -0.3 is 41.8 Å². The SMILES string of the molecule is CC(C)C[C@@H]1NC(=O)[C@@H](NC(=O)c2csc(C(C)C)n2)Cc2c([nH]c3ccccc23)SC[C@@H](C(=O)O)NC(=O)[C@H]([C@@H](C)O)NC(=O)[C@@H](C)NC1=O. The van der Waals surface area contributed by atoms with Crippen LogP contribution in [0, 0.1) is 5.92 Å². The van der Waals surface area contributed by atoms with Gasteiger partial charge in [0, 0.05) is 34.4 Å². The molecule has 6 atom stereocenters. The number of nitrogens with one attached hydrogen (secondary N) is 6. The largest absolute Gasteiger partial charge is 0.480 e. The summed E-state index contributed by atoms with van der Waals surface area (Å²) in [6.45, 7) is 10.3. The number of carbonyl (C=O) groups excluding carboxylic acids is 5. The third kappa shape index (κ3) is 10.1. The molecular weight excluding hydrogens is 699 g/mol. The van der Waals surface area contributed by atoms with Crippen molar-refractivity contribution in [3.8, 4) is 0 Å². The van der Waals surface area contributed by atoms with E-state index in [1.54, 1.807) is 17.5 Å². The zero-order valence-electron chi connectivity index (χ0n) is 29.2. The smallest absolute Gasteiger partial charge is 0.327 e. The summed E-state index contributed by atoms with van der Waals surface area (Å²) in [6.07, 6.45) is -1.28. The van der Waals surface area contributed by atoms with Gasteiger partial charge in [0.05, 0.1) is 16.1 Å². The Balaban J connectivity index is 1.80. The van der Waals surface area contributed by atoms with E-state index in [2.05, 4.69) is 36.6 Å². The number of hydrogen-bond acceptors (Lipinski definition) is 10. The van der Waals surface area contributed by atoms with Gasteiger partial charge in [-0.25, -0.2) is 9.78 Å². The van der Waals surface area contributed by atoms with Gasteiger partial charge in [-0.1, -0.05) is 45.9 Å². The Bertz CT molecular complexity index is 1770. The Morgan fingerprint density at radius 1 is 0.961 bits per heavy atom. The standard InChI is InChI=1S/C34H45N7O8S2/c1-15(2)11-22-28(44)35-17(5)27(43)41-26(18(6)42)31(47)38-25(34(48)49)14-51-33-20(19-9-7-8-10-21(19)39-33)12-23(29(45)36-22)37-30(46)24-13-50-32(40-24)16(3)4/h7-10,13,15-18,22-23,25-26,39,42H,11-12,14H2,1-6H3,(H,35,44)(H,36,45)(H,37,46)(H,38,47)(H,41,43)(H,48,49)/t17-,18-,22+,23+,25+,26+/m1/s1. The first-order valence-electron chi connectivity index (χ1n) is 16.7. The van der Waals surface area contributed by atoms with Crippen molar-refractivity contribution in [2.75, 3.05) is 5.75 Å². The van der Waals surface area contributed by atoms with Crippen molar-refractivity contribution >= 4 is 69.5 Å². The van der Waals surface area contributed by atoms with E-state index in [9.17, 15) is 39.0 Å². The summed E-state index contributed by atoms with van der Waals surface area (Å²) in [5.74, 6) is -5.20. The molecular formula is C34H45N7O8S2. The number of hydrogen-bond donors (Lipinski definition) is 8. The lowest BCUT2D eigenvalue weighted by molar-refractivity contribution is -0.142. The van der Waals surface area contributed by atoms with Gasteiger partial charge in [-0.3, -0.25) is 24.0 Å². The van der Waals surface area contributed by atoms with Crippen LogP contribution in [0.5, 0.6) is 0 Å². The summed E-state index contributed by atoms with van der Waals surface area (Å²) in [4.78, 5) is 87.6. The fraction of sp³-hybridized carbons (Fsp3) is 0.500. The van der Waals surface area contributed by atoms with Gasteiger partial charge in [0.25, 0.3) is 5.91 Å². The molecule has 0 spiro atoms. The molecule has 0 saturated heterocycles. The lowest BCUT2D eigenvalue weighted by Crippen LogP contribution is -2.60. The maximum absolute atomic E-state index is 14.2. The monoisotopic (exact) mass is 743 g/mol. The lowest BCUT2D eigenvalue weighted by Gasteiger charge is -2.27. The van der Waals surface area contributed by atoms with Crippen molar-refractivity contribution in [2.24, 2.45) is 5.92 Å². The Hall–Kier alpha value is -4.48. The van der Waals surface area contributed by atoms with Crippen LogP contribution in [0.3, 0.4) is 0 Å². The summed E-state index contributed by atoms with van der Waals surface area (Å²) in [7, 11) is 0. The molecule has 2 aromatic heterocycles. The average Bonchev–Trinajstić information content (AvgIpc) is 3.69. The summed E-state index contributed by atoms with van der Waals surface area (Å²) < 4.78 is 0. The Morgan fingerprint density at radius 3 is 2.29 bits per heavy atom. The average molecular weight is 744 g/mol. The summed E-state index contributed by atoms with van der Waals surface area (Å²) in [5, 5.41) is 36.9. The Morgan fingerprint density at radius 2 is 1.67 bits per heavy atom. The highest BCUT2D eigenvalue weighted by atomic mass is 32.2. The highest BCUT2D eigenvalue weighted by Gasteiger charge is 2.34. The fourth-order valence-electron chi connectivity index (χ4n) is 5.44. The fourth-order valence-corrected chi connectivity index (χ4v) is 7.37. The van der Waals surface area contributed by atoms with E-state index < -0.39 is 71.8 Å². The van der Waals surface area contributed by atoms with Crippen molar-refractivity contribution in [1.82, 2.24) is 36.6 Å². The number of carbonyl (C=O) groups is 6. The first-order valence-corrected chi connectivity index (χ1v) is 18.5. The molecule has 4 rings (SSSR count). The maximum atomic E-state index is 14.2. The zero-order valence-corrected chi connectivity index (χ0v) is 30.9. The summed E-state index contributed by atoms with van der Waals surface area (Å²) in [6, 6.07) is 0.718. The molecule has 0 aliphatic carbocycles. The summed E-state index contributed by atoms with van der Waals surface area (Å²) >= 11 is 2.40. The number of aliphatic hydroxyl groups is 1. The quantitative estimate of drug-likeness (QED) is 0.174. The minimum atomic E-state index is -1.53. The van der Waals surface area contributed by atoms with Gasteiger partial charge in [0.2, 0.25) is 23.6 Å². The van der Waals surface area contributed by atoms with Crippen molar-refractivity contribution < 1.29 is 39.0 Å². The normalized spacial score (nSPS) is 23.4. The van der Waals surface area contributed by atoms with Gasteiger partial charge in [-0.15, -0.1) is 23.1 Å². The summed E-state index contributed by atoms with van der Waals surface area (Å²) in [5.41, 5.74) is 1.42. The van der Waals surface area contributed by atoms with Crippen LogP contribution in [0.4, 0.5) is 0 Å². The van der Waals surface area contributed by atoms with Gasteiger partial charge in [-0.05, 0) is 37.8 Å². The Kier molecular flexibility index (Phi) is 13.2. The van der Waals surface area contributed by atoms with E-state index in [0.29, 0.717) is 16.1 Å². The number of fused-ring (bicyclic) bond motifs is 3. The van der Waals surface area contributed by atoms with Crippen LogP contribution in [0.1, 0.15) is 74.9 Å². The number of rotatable bonds is 7. The number of aliphatic hydroxyl groups excluding tert-OH is 1. The van der Waals surface area contributed by atoms with Crippen LogP contribution in [0.15, 0.2) is 34.7 Å². The van der Waals surface area contributed by atoms with Crippen molar-refractivity contribution in [3.63, 3.8) is 0 Å². The number of thioether (sulfide) groups is 1. The van der Waals surface area contributed by atoms with Crippen molar-refractivity contribution in [1.29, 1.82) is 0 Å². The number of para-hydroxylation sites is 1. The van der Waals surface area contributed by atoms with Gasteiger partial charge >= 0.3 is 5.97 Å². The minimum Gasteiger partial charge on any atom is -0.480 e. The van der Waals surface area contributed by atoms with Crippen molar-refractivity contribution in [2.45, 2.75) is 102 Å². The third-order valence-corrected chi connectivity index (χ3v) is 10.5. The lowest BCUT2D eigenvalue weighted by atomic mass is 10.0. The van der Waals surface area contributed by atoms with E-state index in [-0.39, 0.29) is 36.1 Å². The molecule has 0 radical (unpaired) electrons. The molecule has 8 N–H and O–H groups in total. The molecule has 0 bridgehead atoms. The Labute approximate surface area is 303 Å². The van der Waals surface area contributed by atoms with Crippen LogP contribution in [0.2, 0.25) is 0 Å². The molecule has 3 heterocycles. The molecule has 51 heavy (non-hydrogen) atoms. The van der Waals surface area contributed by atoms with Gasteiger partial charge in [0.15, 0.2) is 0 Å². The van der Waals surface area contributed by atoms with Crippen LogP contribution in [0.25, 0.3) is 10.9 Å². The zero-order chi connectivity index (χ0) is 37.6.